The molecule has 114 valence electrons. The first-order valence-electron chi connectivity index (χ1n) is 7.17. The molecule has 1 N–H and O–H groups in total. The Balaban J connectivity index is 2.37. The van der Waals surface area contributed by atoms with E-state index in [9.17, 15) is 5.11 Å². The highest BCUT2D eigenvalue weighted by atomic mass is 16.5. The van der Waals surface area contributed by atoms with E-state index in [4.69, 9.17) is 4.74 Å². The summed E-state index contributed by atoms with van der Waals surface area (Å²) >= 11 is 0. The quantitative estimate of drug-likeness (QED) is 0.941. The number of hydrogen-bond acceptors (Lipinski definition) is 3. The number of aliphatic hydroxyl groups is 1. The lowest BCUT2D eigenvalue weighted by atomic mass is 9.93. The molecule has 0 spiro atoms. The average molecular weight is 288 g/mol. The fourth-order valence-corrected chi connectivity index (χ4v) is 3.11. The number of aromatic nitrogens is 2. The van der Waals surface area contributed by atoms with Crippen LogP contribution in [0.4, 0.5) is 0 Å². The molecule has 0 radical (unpaired) electrons. The first-order valence-corrected chi connectivity index (χ1v) is 7.17. The molecule has 0 fully saturated rings. The van der Waals surface area contributed by atoms with Crippen molar-refractivity contribution >= 4 is 0 Å². The van der Waals surface area contributed by atoms with E-state index < -0.39 is 6.10 Å². The highest BCUT2D eigenvalue weighted by Gasteiger charge is 2.22. The summed E-state index contributed by atoms with van der Waals surface area (Å²) in [6, 6.07) is 4.31. The highest BCUT2D eigenvalue weighted by Crippen LogP contribution is 2.31. The molecule has 1 aromatic heterocycles. The van der Waals surface area contributed by atoms with Gasteiger partial charge in [0, 0.05) is 13.5 Å². The topological polar surface area (TPSA) is 47.3 Å². The lowest BCUT2D eigenvalue weighted by molar-refractivity contribution is 0.172. The first kappa shape index (κ1) is 15.6. The number of aliphatic hydroxyl groups excluding tert-OH is 1. The molecule has 2 aromatic rings. The van der Waals surface area contributed by atoms with Crippen LogP contribution in [-0.4, -0.2) is 22.0 Å². The number of ether oxygens (including phenoxy) is 1. The highest BCUT2D eigenvalue weighted by molar-refractivity contribution is 5.40. The zero-order chi connectivity index (χ0) is 15.7. The molecule has 0 amide bonds. The summed E-state index contributed by atoms with van der Waals surface area (Å²) in [6.07, 6.45) is -0.0466. The van der Waals surface area contributed by atoms with Crippen molar-refractivity contribution in [3.05, 3.63) is 45.6 Å². The summed E-state index contributed by atoms with van der Waals surface area (Å²) in [7, 11) is 3.43. The number of nitrogens with zero attached hydrogens (tertiary/aromatic N) is 2. The van der Waals surface area contributed by atoms with Crippen molar-refractivity contribution < 1.29 is 9.84 Å². The van der Waals surface area contributed by atoms with Gasteiger partial charge in [-0.3, -0.25) is 0 Å². The van der Waals surface area contributed by atoms with Crippen molar-refractivity contribution in [2.75, 3.05) is 7.11 Å². The average Bonchev–Trinajstić information content (AvgIpc) is 2.67. The van der Waals surface area contributed by atoms with E-state index in [1.54, 1.807) is 11.8 Å². The maximum absolute atomic E-state index is 10.7. The van der Waals surface area contributed by atoms with Crippen LogP contribution in [0.25, 0.3) is 0 Å². The Morgan fingerprint density at radius 2 is 1.76 bits per heavy atom. The molecule has 0 aliphatic heterocycles. The zero-order valence-electron chi connectivity index (χ0n) is 13.7. The molecule has 0 aliphatic carbocycles. The molecule has 0 saturated carbocycles. The largest absolute Gasteiger partial charge is 0.481 e. The van der Waals surface area contributed by atoms with Crippen LogP contribution in [0.15, 0.2) is 12.1 Å². The van der Waals surface area contributed by atoms with Gasteiger partial charge in [-0.15, -0.1) is 0 Å². The molecule has 1 unspecified atom stereocenters. The van der Waals surface area contributed by atoms with Crippen LogP contribution >= 0.6 is 0 Å². The van der Waals surface area contributed by atoms with E-state index in [2.05, 4.69) is 38.0 Å². The smallest absolute Gasteiger partial charge is 0.217 e. The number of hydrogen-bond donors (Lipinski definition) is 1. The predicted octanol–water partition coefficient (Wildman–Crippen LogP) is 2.94. The summed E-state index contributed by atoms with van der Waals surface area (Å²) in [5.41, 5.74) is 6.46. The van der Waals surface area contributed by atoms with E-state index >= 15 is 0 Å². The lowest BCUT2D eigenvalue weighted by Crippen LogP contribution is -2.07. The fourth-order valence-electron chi connectivity index (χ4n) is 3.11. The van der Waals surface area contributed by atoms with Crippen molar-refractivity contribution in [2.24, 2.45) is 7.05 Å². The number of aryl methyl sites for hydroxylation is 5. The summed E-state index contributed by atoms with van der Waals surface area (Å²) in [5, 5.41) is 15.0. The zero-order valence-corrected chi connectivity index (χ0v) is 13.7. The van der Waals surface area contributed by atoms with Gasteiger partial charge >= 0.3 is 0 Å². The first-order chi connectivity index (χ1) is 9.85. The van der Waals surface area contributed by atoms with Crippen molar-refractivity contribution in [1.82, 2.24) is 9.78 Å². The van der Waals surface area contributed by atoms with Crippen molar-refractivity contribution in [1.29, 1.82) is 0 Å². The molecule has 1 aromatic carbocycles. The Morgan fingerprint density at radius 1 is 1.19 bits per heavy atom. The second kappa shape index (κ2) is 5.90. The maximum Gasteiger partial charge on any atom is 0.217 e. The van der Waals surface area contributed by atoms with Gasteiger partial charge in [0.1, 0.15) is 0 Å². The number of methoxy groups -OCH3 is 1. The van der Waals surface area contributed by atoms with Crippen LogP contribution in [0.2, 0.25) is 0 Å². The number of rotatable bonds is 4. The fraction of sp³-hybridized carbons (Fsp3) is 0.471. The van der Waals surface area contributed by atoms with E-state index in [0.29, 0.717) is 12.3 Å². The summed E-state index contributed by atoms with van der Waals surface area (Å²) in [5.74, 6) is 0.627. The maximum atomic E-state index is 10.7. The minimum Gasteiger partial charge on any atom is -0.481 e. The van der Waals surface area contributed by atoms with Crippen LogP contribution in [0.3, 0.4) is 0 Å². The van der Waals surface area contributed by atoms with Gasteiger partial charge in [0.2, 0.25) is 5.88 Å². The second-order valence-electron chi connectivity index (χ2n) is 5.73. The summed E-state index contributed by atoms with van der Waals surface area (Å²) < 4.78 is 7.05. The van der Waals surface area contributed by atoms with E-state index in [1.165, 1.54) is 22.3 Å². The Bertz CT molecular complexity index is 636. The van der Waals surface area contributed by atoms with Crippen LogP contribution < -0.4 is 4.74 Å². The minimum atomic E-state index is -0.617. The molecule has 4 heteroatoms. The lowest BCUT2D eigenvalue weighted by Gasteiger charge is -2.16. The Morgan fingerprint density at radius 3 is 2.29 bits per heavy atom. The van der Waals surface area contributed by atoms with Crippen LogP contribution in [0.1, 0.15) is 39.6 Å². The van der Waals surface area contributed by atoms with Gasteiger partial charge in [-0.05, 0) is 44.4 Å². The molecular formula is C17H24N2O2. The Labute approximate surface area is 126 Å². The third-order valence-corrected chi connectivity index (χ3v) is 3.98. The van der Waals surface area contributed by atoms with E-state index in [1.807, 2.05) is 14.0 Å². The van der Waals surface area contributed by atoms with Gasteiger partial charge in [0.15, 0.2) is 0 Å². The monoisotopic (exact) mass is 288 g/mol. The standard InChI is InChI=1S/C17H24N2O2/c1-10-7-11(2)14(12(3)8-10)9-15(20)16-13(4)18-19(5)17(16)21-6/h7-8,15,20H,9H2,1-6H3. The normalized spacial score (nSPS) is 12.5. The van der Waals surface area contributed by atoms with Crippen molar-refractivity contribution in [3.8, 4) is 5.88 Å². The van der Waals surface area contributed by atoms with Gasteiger partial charge in [-0.1, -0.05) is 17.7 Å². The molecule has 0 aliphatic rings. The summed E-state index contributed by atoms with van der Waals surface area (Å²) in [6.45, 7) is 8.18. The van der Waals surface area contributed by atoms with Crippen molar-refractivity contribution in [3.63, 3.8) is 0 Å². The molecule has 1 heterocycles. The molecule has 0 bridgehead atoms. The van der Waals surface area contributed by atoms with Crippen LogP contribution in [0, 0.1) is 27.7 Å². The Hall–Kier alpha value is -1.81. The van der Waals surface area contributed by atoms with Gasteiger partial charge < -0.3 is 9.84 Å². The molecule has 2 rings (SSSR count). The minimum absolute atomic E-state index is 0.570. The molecule has 21 heavy (non-hydrogen) atoms. The van der Waals surface area contributed by atoms with Crippen molar-refractivity contribution in [2.45, 2.75) is 40.2 Å². The SMILES string of the molecule is COc1c(C(O)Cc2c(C)cc(C)cc2C)c(C)nn1C. The third kappa shape index (κ3) is 2.95. The molecular weight excluding hydrogens is 264 g/mol. The van der Waals surface area contributed by atoms with Crippen LogP contribution in [0.5, 0.6) is 5.88 Å². The van der Waals surface area contributed by atoms with Crippen LogP contribution in [-0.2, 0) is 13.5 Å². The molecule has 0 saturated heterocycles. The predicted molar refractivity (Wildman–Crippen MR) is 83.8 cm³/mol. The van der Waals surface area contributed by atoms with E-state index in [-0.39, 0.29) is 0 Å². The van der Waals surface area contributed by atoms with Gasteiger partial charge in [0.25, 0.3) is 0 Å². The summed E-state index contributed by atoms with van der Waals surface area (Å²) in [4.78, 5) is 0. The molecule has 4 nitrogen and oxygen atoms in total. The van der Waals surface area contributed by atoms with Gasteiger partial charge in [-0.2, -0.15) is 5.10 Å². The van der Waals surface area contributed by atoms with E-state index in [0.717, 1.165) is 11.3 Å². The molecule has 1 atom stereocenters. The number of benzene rings is 1. The Kier molecular flexibility index (Phi) is 4.37. The van der Waals surface area contributed by atoms with Gasteiger partial charge in [0.05, 0.1) is 24.5 Å². The second-order valence-corrected chi connectivity index (χ2v) is 5.73. The van der Waals surface area contributed by atoms with Gasteiger partial charge in [-0.25, -0.2) is 4.68 Å². The third-order valence-electron chi connectivity index (χ3n) is 3.98.